The van der Waals surface area contributed by atoms with E-state index in [1.807, 2.05) is 4.52 Å². The van der Waals surface area contributed by atoms with Crippen molar-refractivity contribution in [2.45, 2.75) is 31.3 Å². The van der Waals surface area contributed by atoms with E-state index in [1.165, 1.54) is 19.3 Å². The molecule has 1 saturated heterocycles. The fourth-order valence-electron chi connectivity index (χ4n) is 2.42. The molecule has 1 aliphatic heterocycles. The first-order valence-corrected chi connectivity index (χ1v) is 7.28. The molecule has 3 heterocycles. The van der Waals surface area contributed by atoms with Crippen molar-refractivity contribution < 1.29 is 4.74 Å². The Labute approximate surface area is 108 Å². The Hall–Kier alpha value is -1.05. The maximum absolute atomic E-state index is 5.73. The zero-order valence-electron chi connectivity index (χ0n) is 10.0. The van der Waals surface area contributed by atoms with Gasteiger partial charge in [0, 0.05) is 19.0 Å². The number of fused-ring (bicyclic) bond motifs is 1. The van der Waals surface area contributed by atoms with E-state index < -0.39 is 0 Å². The molecule has 6 nitrogen and oxygen atoms in total. The second kappa shape index (κ2) is 4.25. The summed E-state index contributed by atoms with van der Waals surface area (Å²) in [6, 6.07) is 0. The number of hydrogen-bond donors (Lipinski definition) is 1. The molecule has 0 spiro atoms. The molecule has 18 heavy (non-hydrogen) atoms. The Morgan fingerprint density at radius 3 is 3.00 bits per heavy atom. The average Bonchev–Trinajstić information content (AvgIpc) is 2.90. The van der Waals surface area contributed by atoms with E-state index in [0.29, 0.717) is 5.92 Å². The highest BCUT2D eigenvalue weighted by atomic mass is 32.1. The molecule has 0 radical (unpaired) electrons. The predicted octanol–water partition coefficient (Wildman–Crippen LogP) is 1.11. The molecule has 1 atom stereocenters. The van der Waals surface area contributed by atoms with E-state index in [1.54, 1.807) is 11.3 Å². The Kier molecular flexibility index (Phi) is 2.56. The van der Waals surface area contributed by atoms with Crippen LogP contribution in [0, 0.1) is 0 Å². The lowest BCUT2D eigenvalue weighted by Crippen LogP contribution is -2.33. The minimum Gasteiger partial charge on any atom is -0.368 e. The van der Waals surface area contributed by atoms with Crippen molar-refractivity contribution in [3.63, 3.8) is 0 Å². The Balaban J connectivity index is 1.68. The van der Waals surface area contributed by atoms with Crippen LogP contribution in [0.4, 0.5) is 0 Å². The molecule has 1 unspecified atom stereocenters. The summed E-state index contributed by atoms with van der Waals surface area (Å²) < 4.78 is 7.65. The standard InChI is InChI=1S/C11H15N5OS/c1-2-7(3-1)9-13-14-11-16(9)15-10(18-11)8-6-12-4-5-17-8/h7-8,12H,1-6H2. The lowest BCUT2D eigenvalue weighted by molar-refractivity contribution is 0.0270. The third-order valence-corrected chi connectivity index (χ3v) is 4.69. The molecular weight excluding hydrogens is 250 g/mol. The number of hydrogen-bond acceptors (Lipinski definition) is 6. The van der Waals surface area contributed by atoms with Crippen LogP contribution in [0.2, 0.25) is 0 Å². The van der Waals surface area contributed by atoms with Crippen LogP contribution in [0.3, 0.4) is 0 Å². The number of rotatable bonds is 2. The van der Waals surface area contributed by atoms with Crippen molar-refractivity contribution in [2.24, 2.45) is 0 Å². The fraction of sp³-hybridized carbons (Fsp3) is 0.727. The van der Waals surface area contributed by atoms with Gasteiger partial charge in [-0.2, -0.15) is 9.61 Å². The lowest BCUT2D eigenvalue weighted by Gasteiger charge is -2.22. The van der Waals surface area contributed by atoms with E-state index in [9.17, 15) is 0 Å². The summed E-state index contributed by atoms with van der Waals surface area (Å²) >= 11 is 1.59. The summed E-state index contributed by atoms with van der Waals surface area (Å²) in [7, 11) is 0. The molecule has 2 fully saturated rings. The maximum Gasteiger partial charge on any atom is 0.234 e. The quantitative estimate of drug-likeness (QED) is 0.881. The third-order valence-electron chi connectivity index (χ3n) is 3.70. The van der Waals surface area contributed by atoms with Gasteiger partial charge < -0.3 is 10.1 Å². The smallest absolute Gasteiger partial charge is 0.234 e. The highest BCUT2D eigenvalue weighted by Crippen LogP contribution is 2.36. The first-order chi connectivity index (χ1) is 8.92. The highest BCUT2D eigenvalue weighted by Gasteiger charge is 2.27. The first-order valence-electron chi connectivity index (χ1n) is 6.46. The normalized spacial score (nSPS) is 25.4. The molecule has 0 amide bonds. The van der Waals surface area contributed by atoms with Crippen molar-refractivity contribution >= 4 is 16.3 Å². The molecule has 0 aromatic carbocycles. The number of ether oxygens (including phenoxy) is 1. The van der Waals surface area contributed by atoms with Gasteiger partial charge in [-0.3, -0.25) is 0 Å². The van der Waals surface area contributed by atoms with Gasteiger partial charge in [0.25, 0.3) is 0 Å². The fourth-order valence-corrected chi connectivity index (χ4v) is 3.32. The van der Waals surface area contributed by atoms with Crippen LogP contribution in [0.1, 0.15) is 42.1 Å². The maximum atomic E-state index is 5.73. The van der Waals surface area contributed by atoms with Crippen LogP contribution >= 0.6 is 11.3 Å². The summed E-state index contributed by atoms with van der Waals surface area (Å²) in [4.78, 5) is 0.890. The van der Waals surface area contributed by atoms with Gasteiger partial charge in [-0.25, -0.2) is 0 Å². The minimum atomic E-state index is 0.0692. The van der Waals surface area contributed by atoms with Gasteiger partial charge >= 0.3 is 0 Å². The van der Waals surface area contributed by atoms with Crippen LogP contribution in [-0.2, 0) is 4.74 Å². The molecule has 1 aliphatic carbocycles. The molecule has 2 aliphatic rings. The summed E-state index contributed by atoms with van der Waals surface area (Å²) in [6.45, 7) is 2.51. The highest BCUT2D eigenvalue weighted by molar-refractivity contribution is 7.16. The van der Waals surface area contributed by atoms with Crippen molar-refractivity contribution in [3.05, 3.63) is 10.8 Å². The van der Waals surface area contributed by atoms with Crippen LogP contribution in [-0.4, -0.2) is 39.5 Å². The largest absolute Gasteiger partial charge is 0.368 e. The van der Waals surface area contributed by atoms with Crippen molar-refractivity contribution in [1.29, 1.82) is 0 Å². The van der Waals surface area contributed by atoms with Crippen LogP contribution in [0.5, 0.6) is 0 Å². The number of nitrogens with one attached hydrogen (secondary N) is 1. The molecule has 1 saturated carbocycles. The Bertz CT molecular complexity index is 555. The summed E-state index contributed by atoms with van der Waals surface area (Å²) in [6.07, 6.45) is 3.80. The van der Waals surface area contributed by atoms with Crippen molar-refractivity contribution in [3.8, 4) is 0 Å². The van der Waals surface area contributed by atoms with Gasteiger partial charge in [0.05, 0.1) is 6.61 Å². The lowest BCUT2D eigenvalue weighted by atomic mass is 9.85. The second-order valence-corrected chi connectivity index (χ2v) is 5.87. The van der Waals surface area contributed by atoms with Crippen LogP contribution < -0.4 is 5.32 Å². The average molecular weight is 265 g/mol. The minimum absolute atomic E-state index is 0.0692. The SMILES string of the molecule is C1CC(c2nnc3sc(C4CNCCO4)nn23)C1. The van der Waals surface area contributed by atoms with Gasteiger partial charge in [0.15, 0.2) is 5.82 Å². The number of morpholine rings is 1. The van der Waals surface area contributed by atoms with Gasteiger partial charge in [-0.1, -0.05) is 17.8 Å². The van der Waals surface area contributed by atoms with Crippen LogP contribution in [0.25, 0.3) is 4.96 Å². The molecule has 7 heteroatoms. The van der Waals surface area contributed by atoms with Gasteiger partial charge in [0.2, 0.25) is 4.96 Å². The van der Waals surface area contributed by atoms with Crippen molar-refractivity contribution in [2.75, 3.05) is 19.7 Å². The first kappa shape index (κ1) is 10.8. The molecule has 0 bridgehead atoms. The monoisotopic (exact) mass is 265 g/mol. The zero-order valence-corrected chi connectivity index (χ0v) is 10.8. The summed E-state index contributed by atoms with van der Waals surface area (Å²) in [5.41, 5.74) is 0. The van der Waals surface area contributed by atoms with Crippen molar-refractivity contribution in [1.82, 2.24) is 25.1 Å². The van der Waals surface area contributed by atoms with E-state index in [4.69, 9.17) is 4.74 Å². The molecular formula is C11H15N5OS. The second-order valence-electron chi connectivity index (χ2n) is 4.88. The van der Waals surface area contributed by atoms with Gasteiger partial charge in [-0.05, 0) is 12.8 Å². The predicted molar refractivity (Wildman–Crippen MR) is 66.8 cm³/mol. The molecule has 4 rings (SSSR count). The molecule has 2 aromatic heterocycles. The Morgan fingerprint density at radius 1 is 1.33 bits per heavy atom. The van der Waals surface area contributed by atoms with E-state index in [-0.39, 0.29) is 6.10 Å². The van der Waals surface area contributed by atoms with E-state index in [0.717, 1.165) is 35.5 Å². The third kappa shape index (κ3) is 1.65. The topological polar surface area (TPSA) is 64.3 Å². The molecule has 1 N–H and O–H groups in total. The summed E-state index contributed by atoms with van der Waals surface area (Å²) in [5, 5.41) is 17.5. The van der Waals surface area contributed by atoms with Gasteiger partial charge in [0.1, 0.15) is 11.1 Å². The van der Waals surface area contributed by atoms with E-state index >= 15 is 0 Å². The molecule has 96 valence electrons. The molecule has 2 aromatic rings. The zero-order chi connectivity index (χ0) is 11.9. The van der Waals surface area contributed by atoms with E-state index in [2.05, 4.69) is 20.6 Å². The Morgan fingerprint density at radius 2 is 2.28 bits per heavy atom. The number of nitrogens with zero attached hydrogens (tertiary/aromatic N) is 4. The summed E-state index contributed by atoms with van der Waals surface area (Å²) in [5.74, 6) is 1.59. The van der Waals surface area contributed by atoms with Gasteiger partial charge in [-0.15, -0.1) is 10.2 Å². The van der Waals surface area contributed by atoms with Crippen LogP contribution in [0.15, 0.2) is 0 Å². The number of aromatic nitrogens is 4.